The van der Waals surface area contributed by atoms with Crippen molar-refractivity contribution in [2.75, 3.05) is 23.8 Å². The topological polar surface area (TPSA) is 95.2 Å². The minimum Gasteiger partial charge on any atom is -0.397 e. The van der Waals surface area contributed by atoms with Crippen LogP contribution in [0.25, 0.3) is 10.9 Å². The first-order chi connectivity index (χ1) is 10.2. The molecule has 0 aliphatic carbocycles. The number of benzene rings is 1. The zero-order valence-corrected chi connectivity index (χ0v) is 11.9. The third kappa shape index (κ3) is 2.58. The molecule has 1 saturated heterocycles. The van der Waals surface area contributed by atoms with Crippen LogP contribution in [0, 0.1) is 0 Å². The highest BCUT2D eigenvalue weighted by molar-refractivity contribution is 5.88. The minimum absolute atomic E-state index is 0.170. The summed E-state index contributed by atoms with van der Waals surface area (Å²) in [5.41, 5.74) is 8.20. The minimum atomic E-state index is -0.170. The number of fused-ring (bicyclic) bond motifs is 1. The van der Waals surface area contributed by atoms with Gasteiger partial charge in [0.05, 0.1) is 28.6 Å². The molecule has 2 heterocycles. The van der Waals surface area contributed by atoms with E-state index >= 15 is 0 Å². The van der Waals surface area contributed by atoms with Gasteiger partial charge in [-0.25, -0.2) is 4.98 Å². The second-order valence-corrected chi connectivity index (χ2v) is 5.52. The van der Waals surface area contributed by atoms with E-state index in [4.69, 9.17) is 10.8 Å². The van der Waals surface area contributed by atoms with Gasteiger partial charge in [0, 0.05) is 19.2 Å². The van der Waals surface area contributed by atoms with Crippen molar-refractivity contribution in [3.63, 3.8) is 0 Å². The van der Waals surface area contributed by atoms with E-state index in [0.717, 1.165) is 37.9 Å². The summed E-state index contributed by atoms with van der Waals surface area (Å²) in [4.78, 5) is 20.8. The van der Waals surface area contributed by atoms with E-state index < -0.39 is 0 Å². The maximum absolute atomic E-state index is 11.8. The molecule has 1 aromatic carbocycles. The smallest absolute Gasteiger partial charge is 0.258 e. The molecule has 112 valence electrons. The van der Waals surface area contributed by atoms with Gasteiger partial charge in [0.2, 0.25) is 0 Å². The molecule has 6 nitrogen and oxygen atoms in total. The fourth-order valence-electron chi connectivity index (χ4n) is 3.15. The van der Waals surface area contributed by atoms with E-state index in [1.165, 1.54) is 6.33 Å². The van der Waals surface area contributed by atoms with E-state index in [1.807, 2.05) is 6.07 Å². The van der Waals surface area contributed by atoms with Gasteiger partial charge in [0.25, 0.3) is 5.56 Å². The zero-order valence-electron chi connectivity index (χ0n) is 11.9. The van der Waals surface area contributed by atoms with Crippen LogP contribution in [-0.2, 0) is 0 Å². The highest BCUT2D eigenvalue weighted by atomic mass is 16.2. The van der Waals surface area contributed by atoms with Crippen LogP contribution in [0.2, 0.25) is 0 Å². The summed E-state index contributed by atoms with van der Waals surface area (Å²) in [5.74, 6) is 0. The molecule has 0 saturated carbocycles. The predicted molar refractivity (Wildman–Crippen MR) is 83.5 cm³/mol. The van der Waals surface area contributed by atoms with Gasteiger partial charge >= 0.3 is 0 Å². The van der Waals surface area contributed by atoms with Gasteiger partial charge in [-0.15, -0.1) is 0 Å². The number of nitrogens with one attached hydrogen (secondary N) is 1. The Morgan fingerprint density at radius 2 is 2.33 bits per heavy atom. The first-order valence-electron chi connectivity index (χ1n) is 7.35. The van der Waals surface area contributed by atoms with Crippen molar-refractivity contribution in [1.29, 1.82) is 0 Å². The largest absolute Gasteiger partial charge is 0.397 e. The lowest BCUT2D eigenvalue weighted by molar-refractivity contribution is 0.279. The summed E-state index contributed by atoms with van der Waals surface area (Å²) in [6.45, 7) is 1.17. The number of aliphatic hydroxyl groups excluding tert-OH is 1. The maximum Gasteiger partial charge on any atom is 0.258 e. The molecule has 1 fully saturated rings. The lowest BCUT2D eigenvalue weighted by atomic mass is 10.1. The highest BCUT2D eigenvalue weighted by Gasteiger charge is 2.26. The van der Waals surface area contributed by atoms with E-state index in [2.05, 4.69) is 14.9 Å². The molecule has 1 atom stereocenters. The number of H-pyrrole nitrogens is 1. The number of nitrogen functional groups attached to an aromatic ring is 1. The van der Waals surface area contributed by atoms with Gasteiger partial charge in [-0.1, -0.05) is 0 Å². The number of hydrogen-bond acceptors (Lipinski definition) is 5. The molecule has 6 heteroatoms. The Morgan fingerprint density at radius 1 is 1.48 bits per heavy atom. The number of aromatic nitrogens is 2. The fraction of sp³-hybridized carbons (Fsp3) is 0.467. The Bertz CT molecular complexity index is 698. The summed E-state index contributed by atoms with van der Waals surface area (Å²) in [6.07, 6.45) is 5.40. The molecule has 0 bridgehead atoms. The molecule has 4 N–H and O–H groups in total. The van der Waals surface area contributed by atoms with E-state index in [1.54, 1.807) is 6.07 Å². The molecule has 0 amide bonds. The number of nitrogens with zero attached hydrogens (tertiary/aromatic N) is 2. The van der Waals surface area contributed by atoms with Crippen LogP contribution in [0.15, 0.2) is 23.3 Å². The lowest BCUT2D eigenvalue weighted by Gasteiger charge is -2.28. The molecule has 21 heavy (non-hydrogen) atoms. The molecule has 1 aliphatic heterocycles. The first kappa shape index (κ1) is 13.9. The van der Waals surface area contributed by atoms with Crippen LogP contribution < -0.4 is 16.2 Å². The number of anilines is 2. The molecule has 1 aliphatic rings. The average molecular weight is 288 g/mol. The molecule has 0 spiro atoms. The molecular weight excluding hydrogens is 268 g/mol. The zero-order chi connectivity index (χ0) is 14.8. The summed E-state index contributed by atoms with van der Waals surface area (Å²) in [6, 6.07) is 4.01. The molecule has 0 radical (unpaired) electrons. The summed E-state index contributed by atoms with van der Waals surface area (Å²) in [5, 5.41) is 9.54. The Labute approximate surface area is 122 Å². The Hall–Kier alpha value is -2.08. The summed E-state index contributed by atoms with van der Waals surface area (Å²) < 4.78 is 0. The van der Waals surface area contributed by atoms with Gasteiger partial charge in [-0.3, -0.25) is 4.79 Å². The van der Waals surface area contributed by atoms with Crippen LogP contribution in [0.1, 0.15) is 25.7 Å². The van der Waals surface area contributed by atoms with Crippen LogP contribution in [0.3, 0.4) is 0 Å². The number of aromatic amines is 1. The predicted octanol–water partition coefficient (Wildman–Crippen LogP) is 1.25. The SMILES string of the molecule is Nc1cc2c(=O)[nH]cnc2cc1N1CCCC1CCCO. The van der Waals surface area contributed by atoms with Crippen LogP contribution in [-0.4, -0.2) is 34.3 Å². The van der Waals surface area contributed by atoms with Crippen molar-refractivity contribution in [3.05, 3.63) is 28.8 Å². The molecule has 2 aromatic rings. The van der Waals surface area contributed by atoms with E-state index in [-0.39, 0.29) is 12.2 Å². The van der Waals surface area contributed by atoms with Crippen LogP contribution in [0.4, 0.5) is 11.4 Å². The Morgan fingerprint density at radius 3 is 3.14 bits per heavy atom. The summed E-state index contributed by atoms with van der Waals surface area (Å²) >= 11 is 0. The fourth-order valence-corrected chi connectivity index (χ4v) is 3.15. The van der Waals surface area contributed by atoms with E-state index in [0.29, 0.717) is 22.6 Å². The molecule has 1 aromatic heterocycles. The third-order valence-corrected chi connectivity index (χ3v) is 4.17. The second-order valence-electron chi connectivity index (χ2n) is 5.52. The Balaban J connectivity index is 1.99. The van der Waals surface area contributed by atoms with Crippen molar-refractivity contribution in [2.45, 2.75) is 31.7 Å². The van der Waals surface area contributed by atoms with Crippen molar-refractivity contribution in [1.82, 2.24) is 9.97 Å². The van der Waals surface area contributed by atoms with Crippen molar-refractivity contribution in [3.8, 4) is 0 Å². The van der Waals surface area contributed by atoms with Gasteiger partial charge < -0.3 is 20.7 Å². The maximum atomic E-state index is 11.8. The van der Waals surface area contributed by atoms with E-state index in [9.17, 15) is 4.79 Å². The lowest BCUT2D eigenvalue weighted by Crippen LogP contribution is -2.30. The van der Waals surface area contributed by atoms with Crippen molar-refractivity contribution < 1.29 is 5.11 Å². The quantitative estimate of drug-likeness (QED) is 0.736. The summed E-state index contributed by atoms with van der Waals surface area (Å²) in [7, 11) is 0. The standard InChI is InChI=1S/C15H20N4O2/c16-12-7-11-13(17-9-18-15(11)21)8-14(12)19-5-1-3-10(19)4-2-6-20/h7-10,20H,1-6,16H2,(H,17,18,21). The van der Waals surface area contributed by atoms with Crippen LogP contribution >= 0.6 is 0 Å². The molecular formula is C15H20N4O2. The van der Waals surface area contributed by atoms with Gasteiger partial charge in [0.1, 0.15) is 0 Å². The molecule has 1 unspecified atom stereocenters. The van der Waals surface area contributed by atoms with Crippen LogP contribution in [0.5, 0.6) is 0 Å². The van der Waals surface area contributed by atoms with Gasteiger partial charge in [0.15, 0.2) is 0 Å². The number of rotatable bonds is 4. The highest BCUT2D eigenvalue weighted by Crippen LogP contribution is 2.33. The number of aliphatic hydroxyl groups is 1. The number of hydrogen-bond donors (Lipinski definition) is 3. The average Bonchev–Trinajstić information content (AvgIpc) is 2.94. The van der Waals surface area contributed by atoms with Crippen molar-refractivity contribution >= 4 is 22.3 Å². The van der Waals surface area contributed by atoms with Crippen molar-refractivity contribution in [2.24, 2.45) is 0 Å². The normalized spacial score (nSPS) is 18.5. The third-order valence-electron chi connectivity index (χ3n) is 4.17. The van der Waals surface area contributed by atoms with Gasteiger partial charge in [-0.2, -0.15) is 0 Å². The second kappa shape index (κ2) is 5.73. The first-order valence-corrected chi connectivity index (χ1v) is 7.35. The number of nitrogens with two attached hydrogens (primary N) is 1. The molecule has 3 rings (SSSR count). The monoisotopic (exact) mass is 288 g/mol. The Kier molecular flexibility index (Phi) is 3.79. The van der Waals surface area contributed by atoms with Gasteiger partial charge in [-0.05, 0) is 37.8 Å².